The zero-order valence-electron chi connectivity index (χ0n) is 9.46. The Kier molecular flexibility index (Phi) is 4.17. The van der Waals surface area contributed by atoms with Crippen LogP contribution in [0.2, 0.25) is 0 Å². The van der Waals surface area contributed by atoms with Crippen molar-refractivity contribution in [1.82, 2.24) is 4.98 Å². The number of rotatable bonds is 4. The van der Waals surface area contributed by atoms with Crippen LogP contribution in [-0.2, 0) is 0 Å². The second-order valence-corrected chi connectivity index (χ2v) is 5.32. The summed E-state index contributed by atoms with van der Waals surface area (Å²) in [4.78, 5) is 5.62. The molecule has 0 saturated heterocycles. The van der Waals surface area contributed by atoms with Crippen LogP contribution in [0.5, 0.6) is 0 Å². The van der Waals surface area contributed by atoms with Crippen LogP contribution < -0.4 is 5.73 Å². The second-order valence-electron chi connectivity index (χ2n) is 3.55. The fourth-order valence-electron chi connectivity index (χ4n) is 1.44. The van der Waals surface area contributed by atoms with Crippen LogP contribution in [0.15, 0.2) is 34.5 Å². The first-order valence-corrected chi connectivity index (χ1v) is 7.33. The third kappa shape index (κ3) is 2.87. The van der Waals surface area contributed by atoms with Crippen molar-refractivity contribution in [3.05, 3.63) is 34.7 Å². The number of aliphatic hydroxyl groups is 1. The predicted molar refractivity (Wildman–Crippen MR) is 73.3 cm³/mol. The molecule has 17 heavy (non-hydrogen) atoms. The quantitative estimate of drug-likeness (QED) is 0.835. The van der Waals surface area contributed by atoms with E-state index in [1.54, 1.807) is 11.8 Å². The summed E-state index contributed by atoms with van der Waals surface area (Å²) in [5.74, 6) is 0. The smallest absolute Gasteiger partial charge is 0.123 e. The van der Waals surface area contributed by atoms with E-state index in [0.29, 0.717) is 5.01 Å². The SMILES string of the molecule is CSc1ccc(-c2csc(C(O)CN)n2)cc1. The van der Waals surface area contributed by atoms with E-state index in [0.717, 1.165) is 11.3 Å². The lowest BCUT2D eigenvalue weighted by atomic mass is 10.2. The minimum absolute atomic E-state index is 0.207. The van der Waals surface area contributed by atoms with Crippen molar-refractivity contribution >= 4 is 23.1 Å². The number of nitrogens with two attached hydrogens (primary N) is 1. The van der Waals surface area contributed by atoms with Gasteiger partial charge in [0, 0.05) is 22.4 Å². The largest absolute Gasteiger partial charge is 0.385 e. The van der Waals surface area contributed by atoms with E-state index >= 15 is 0 Å². The maximum absolute atomic E-state index is 9.59. The van der Waals surface area contributed by atoms with Gasteiger partial charge in [-0.1, -0.05) is 12.1 Å². The molecule has 1 atom stereocenters. The molecule has 0 aliphatic heterocycles. The van der Waals surface area contributed by atoms with Crippen molar-refractivity contribution in [3.63, 3.8) is 0 Å². The highest BCUT2D eigenvalue weighted by Gasteiger charge is 2.11. The molecule has 0 amide bonds. The fraction of sp³-hybridized carbons (Fsp3) is 0.250. The average Bonchev–Trinajstić information content (AvgIpc) is 2.87. The van der Waals surface area contributed by atoms with Gasteiger partial charge in [-0.2, -0.15) is 0 Å². The van der Waals surface area contributed by atoms with Crippen LogP contribution in [0.4, 0.5) is 0 Å². The fourth-order valence-corrected chi connectivity index (χ4v) is 2.67. The Morgan fingerprint density at radius 2 is 2.12 bits per heavy atom. The topological polar surface area (TPSA) is 59.1 Å². The maximum atomic E-state index is 9.59. The normalized spacial score (nSPS) is 12.6. The number of nitrogens with zero attached hydrogens (tertiary/aromatic N) is 1. The van der Waals surface area contributed by atoms with E-state index in [2.05, 4.69) is 17.1 Å². The number of benzene rings is 1. The molecule has 0 fully saturated rings. The van der Waals surface area contributed by atoms with Crippen molar-refractivity contribution in [1.29, 1.82) is 0 Å². The van der Waals surface area contributed by atoms with Crippen LogP contribution in [0.1, 0.15) is 11.1 Å². The van der Waals surface area contributed by atoms with Gasteiger partial charge < -0.3 is 10.8 Å². The van der Waals surface area contributed by atoms with Gasteiger partial charge in [-0.25, -0.2) is 4.98 Å². The van der Waals surface area contributed by atoms with E-state index in [9.17, 15) is 5.11 Å². The maximum Gasteiger partial charge on any atom is 0.123 e. The molecule has 1 heterocycles. The van der Waals surface area contributed by atoms with Crippen LogP contribution in [0.3, 0.4) is 0 Å². The van der Waals surface area contributed by atoms with Crippen LogP contribution in [-0.4, -0.2) is 22.9 Å². The van der Waals surface area contributed by atoms with Crippen molar-refractivity contribution in [2.24, 2.45) is 5.73 Å². The minimum atomic E-state index is -0.653. The Balaban J connectivity index is 2.24. The molecular formula is C12H14N2OS2. The Labute approximate surface area is 109 Å². The molecule has 0 aliphatic carbocycles. The summed E-state index contributed by atoms with van der Waals surface area (Å²) in [5, 5.41) is 12.2. The minimum Gasteiger partial charge on any atom is -0.385 e. The molecule has 3 nitrogen and oxygen atoms in total. The second kappa shape index (κ2) is 5.64. The third-order valence-electron chi connectivity index (χ3n) is 2.42. The predicted octanol–water partition coefficient (Wildman–Crippen LogP) is 2.52. The Morgan fingerprint density at radius 1 is 1.41 bits per heavy atom. The number of hydrogen-bond donors (Lipinski definition) is 2. The van der Waals surface area contributed by atoms with Crippen molar-refractivity contribution in [2.45, 2.75) is 11.0 Å². The van der Waals surface area contributed by atoms with Gasteiger partial charge in [0.15, 0.2) is 0 Å². The molecule has 2 rings (SSSR count). The van der Waals surface area contributed by atoms with E-state index in [-0.39, 0.29) is 6.54 Å². The average molecular weight is 266 g/mol. The zero-order chi connectivity index (χ0) is 12.3. The van der Waals surface area contributed by atoms with Crippen LogP contribution >= 0.6 is 23.1 Å². The lowest BCUT2D eigenvalue weighted by molar-refractivity contribution is 0.186. The monoisotopic (exact) mass is 266 g/mol. The van der Waals surface area contributed by atoms with Gasteiger partial charge in [0.05, 0.1) is 5.69 Å². The number of hydrogen-bond acceptors (Lipinski definition) is 5. The summed E-state index contributed by atoms with van der Waals surface area (Å²) in [6, 6.07) is 8.22. The Morgan fingerprint density at radius 3 is 2.71 bits per heavy atom. The number of aliphatic hydroxyl groups excluding tert-OH is 1. The highest BCUT2D eigenvalue weighted by atomic mass is 32.2. The molecule has 90 valence electrons. The molecule has 1 unspecified atom stereocenters. The Hall–Kier alpha value is -0.880. The molecule has 0 radical (unpaired) electrons. The van der Waals surface area contributed by atoms with Gasteiger partial charge in [0.25, 0.3) is 0 Å². The number of thiazole rings is 1. The van der Waals surface area contributed by atoms with E-state index in [1.807, 2.05) is 23.8 Å². The van der Waals surface area contributed by atoms with Gasteiger partial charge in [-0.15, -0.1) is 23.1 Å². The summed E-state index contributed by atoms with van der Waals surface area (Å²) in [5.41, 5.74) is 7.36. The van der Waals surface area contributed by atoms with Gasteiger partial charge in [-0.05, 0) is 18.4 Å². The van der Waals surface area contributed by atoms with Gasteiger partial charge >= 0.3 is 0 Å². The van der Waals surface area contributed by atoms with Crippen molar-refractivity contribution < 1.29 is 5.11 Å². The molecule has 0 saturated carbocycles. The molecule has 5 heteroatoms. The summed E-state index contributed by atoms with van der Waals surface area (Å²) in [6.07, 6.45) is 1.40. The molecule has 2 aromatic rings. The lowest BCUT2D eigenvalue weighted by Gasteiger charge is -2.02. The first-order valence-electron chi connectivity index (χ1n) is 5.22. The summed E-state index contributed by atoms with van der Waals surface area (Å²) in [6.45, 7) is 0.207. The van der Waals surface area contributed by atoms with E-state index in [1.165, 1.54) is 16.2 Å². The number of thioether (sulfide) groups is 1. The molecule has 0 spiro atoms. The van der Waals surface area contributed by atoms with Gasteiger partial charge in [0.1, 0.15) is 11.1 Å². The molecule has 0 bridgehead atoms. The van der Waals surface area contributed by atoms with Crippen molar-refractivity contribution in [3.8, 4) is 11.3 Å². The van der Waals surface area contributed by atoms with E-state index in [4.69, 9.17) is 5.73 Å². The molecule has 3 N–H and O–H groups in total. The highest BCUT2D eigenvalue weighted by Crippen LogP contribution is 2.26. The first kappa shape index (κ1) is 12.6. The molecule has 1 aromatic heterocycles. The summed E-state index contributed by atoms with van der Waals surface area (Å²) >= 11 is 3.15. The zero-order valence-corrected chi connectivity index (χ0v) is 11.1. The number of aromatic nitrogens is 1. The molecule has 0 aliphatic rings. The highest BCUT2D eigenvalue weighted by molar-refractivity contribution is 7.98. The molecule has 1 aromatic carbocycles. The molecular weight excluding hydrogens is 252 g/mol. The lowest BCUT2D eigenvalue weighted by Crippen LogP contribution is -2.10. The standard InChI is InChI=1S/C12H14N2OS2/c1-16-9-4-2-8(3-5-9)10-7-17-12(14-10)11(15)6-13/h2-5,7,11,15H,6,13H2,1H3. The third-order valence-corrected chi connectivity index (χ3v) is 4.11. The Bertz CT molecular complexity index is 482. The summed E-state index contributed by atoms with van der Waals surface area (Å²) < 4.78 is 0. The van der Waals surface area contributed by atoms with Crippen LogP contribution in [0.25, 0.3) is 11.3 Å². The summed E-state index contributed by atoms with van der Waals surface area (Å²) in [7, 11) is 0. The van der Waals surface area contributed by atoms with Gasteiger partial charge in [-0.3, -0.25) is 0 Å². The van der Waals surface area contributed by atoms with Gasteiger partial charge in [0.2, 0.25) is 0 Å². The van der Waals surface area contributed by atoms with Crippen molar-refractivity contribution in [2.75, 3.05) is 12.8 Å². The van der Waals surface area contributed by atoms with E-state index < -0.39 is 6.10 Å². The van der Waals surface area contributed by atoms with Crippen LogP contribution in [0, 0.1) is 0 Å². The first-order chi connectivity index (χ1) is 8.24.